The average molecular weight is 631 g/mol. The molecule has 0 spiro atoms. The molecule has 2 aliphatic rings. The van der Waals surface area contributed by atoms with E-state index in [1.807, 2.05) is 49.4 Å². The summed E-state index contributed by atoms with van der Waals surface area (Å²) in [6.45, 7) is 5.40. The van der Waals surface area contributed by atoms with Crippen LogP contribution >= 0.6 is 22.9 Å². The summed E-state index contributed by atoms with van der Waals surface area (Å²) in [7, 11) is 1.32. The minimum atomic E-state index is -2.15. The predicted octanol–water partition coefficient (Wildman–Crippen LogP) is 4.33. The number of aliphatic carboxylic acids is 1. The van der Waals surface area contributed by atoms with Gasteiger partial charge < -0.3 is 20.1 Å². The van der Waals surface area contributed by atoms with Crippen LogP contribution in [0.25, 0.3) is 42.8 Å². The number of piperidine rings is 1. The van der Waals surface area contributed by atoms with Crippen LogP contribution in [0.4, 0.5) is 0 Å². The number of thiazole rings is 1. The Balaban J connectivity index is 1.33. The SMILES string of the molecule is BC(O)(O)n1nc(C2CCN(C3COC3)CC2)c2cc(-c3nc4cc(C)c(CC(=O)O)c(-c5ccc(Cl)cc5)c4s3)ccc21. The molecule has 0 bridgehead atoms. The molecular weight excluding hydrogens is 599 g/mol. The van der Waals surface area contributed by atoms with Crippen molar-refractivity contribution in [3.05, 3.63) is 70.4 Å². The van der Waals surface area contributed by atoms with Gasteiger partial charge in [-0.1, -0.05) is 23.7 Å². The molecule has 226 valence electrons. The maximum absolute atomic E-state index is 11.9. The largest absolute Gasteiger partial charge is 0.481 e. The lowest BCUT2D eigenvalue weighted by Gasteiger charge is -2.41. The molecule has 3 aromatic carbocycles. The van der Waals surface area contributed by atoms with Crippen LogP contribution in [0.15, 0.2) is 48.5 Å². The Kier molecular flexibility index (Phi) is 7.51. The van der Waals surface area contributed by atoms with Gasteiger partial charge in [0.1, 0.15) is 5.01 Å². The number of hydrogen-bond acceptors (Lipinski definition) is 8. The van der Waals surface area contributed by atoms with Gasteiger partial charge in [-0.3, -0.25) is 9.69 Å². The topological polar surface area (TPSA) is 121 Å². The standard InChI is InChI=1S/C32H32BClN4O5S/c1-17-12-25-30(28(23(17)14-27(39)40)18-2-5-21(34)6-3-18)44-31(35-25)20-4-7-26-24(13-20)29(36-38(26)32(33,41)42)19-8-10-37(11-9-19)22-15-43-16-22/h2-7,12-13,19,22,41-42H,8-11,14-16,33H2,1H3,(H,39,40). The molecule has 0 amide bonds. The molecular formula is C32H32BClN4O5S. The summed E-state index contributed by atoms with van der Waals surface area (Å²) in [5.74, 6) is -2.86. The van der Waals surface area contributed by atoms with Crippen molar-refractivity contribution in [2.75, 3.05) is 26.3 Å². The van der Waals surface area contributed by atoms with Gasteiger partial charge in [-0.2, -0.15) is 5.10 Å². The number of benzene rings is 3. The number of carboxylic acid groups (broad SMARTS) is 1. The molecule has 3 N–H and O–H groups in total. The minimum absolute atomic E-state index is 0.102. The van der Waals surface area contributed by atoms with Gasteiger partial charge in [0.15, 0.2) is 0 Å². The van der Waals surface area contributed by atoms with Gasteiger partial charge in [0.05, 0.1) is 47.1 Å². The Bertz CT molecular complexity index is 1890. The normalized spacial score (nSPS) is 17.0. The molecule has 2 saturated heterocycles. The number of likely N-dealkylation sites (tertiary alicyclic amines) is 1. The highest BCUT2D eigenvalue weighted by Crippen LogP contribution is 2.42. The molecule has 12 heteroatoms. The third-order valence-electron chi connectivity index (χ3n) is 8.88. The van der Waals surface area contributed by atoms with Crippen molar-refractivity contribution in [3.8, 4) is 21.7 Å². The Labute approximate surface area is 264 Å². The Morgan fingerprint density at radius 2 is 1.82 bits per heavy atom. The van der Waals surface area contributed by atoms with Crippen molar-refractivity contribution in [2.24, 2.45) is 0 Å². The van der Waals surface area contributed by atoms with Gasteiger partial charge in [0.25, 0.3) is 0 Å². The summed E-state index contributed by atoms with van der Waals surface area (Å²) in [5, 5.41) is 37.9. The number of carbonyl (C=O) groups is 1. The number of rotatable bonds is 7. The zero-order valence-corrected chi connectivity index (χ0v) is 26.0. The number of nitrogens with zero attached hydrogens (tertiary/aromatic N) is 4. The lowest BCUT2D eigenvalue weighted by molar-refractivity contribution is -0.157. The molecule has 0 radical (unpaired) electrons. The molecule has 0 saturated carbocycles. The molecule has 0 atom stereocenters. The lowest BCUT2D eigenvalue weighted by atomic mass is 9.90. The van der Waals surface area contributed by atoms with Crippen molar-refractivity contribution in [1.29, 1.82) is 0 Å². The first kappa shape index (κ1) is 29.4. The molecule has 2 fully saturated rings. The first-order chi connectivity index (χ1) is 21.1. The third-order valence-corrected chi connectivity index (χ3v) is 10.3. The fourth-order valence-corrected chi connectivity index (χ4v) is 7.79. The van der Waals surface area contributed by atoms with Gasteiger partial charge in [-0.25, -0.2) is 9.67 Å². The summed E-state index contributed by atoms with van der Waals surface area (Å²) in [6, 6.07) is 15.8. The summed E-state index contributed by atoms with van der Waals surface area (Å²) >= 11 is 7.70. The highest BCUT2D eigenvalue weighted by atomic mass is 35.5. The van der Waals surface area contributed by atoms with Crippen LogP contribution in [0.2, 0.25) is 5.02 Å². The minimum Gasteiger partial charge on any atom is -0.481 e. The van der Waals surface area contributed by atoms with Crippen molar-refractivity contribution >= 4 is 57.9 Å². The van der Waals surface area contributed by atoms with E-state index in [2.05, 4.69) is 11.0 Å². The van der Waals surface area contributed by atoms with Gasteiger partial charge >= 0.3 is 5.97 Å². The second-order valence-electron chi connectivity index (χ2n) is 12.0. The van der Waals surface area contributed by atoms with Gasteiger partial charge in [-0.15, -0.1) is 11.3 Å². The van der Waals surface area contributed by atoms with Crippen LogP contribution in [-0.4, -0.2) is 81.1 Å². The molecule has 2 aromatic heterocycles. The average Bonchev–Trinajstić information content (AvgIpc) is 3.55. The highest BCUT2D eigenvalue weighted by molar-refractivity contribution is 7.22. The lowest BCUT2D eigenvalue weighted by Crippen LogP contribution is -2.51. The predicted molar refractivity (Wildman–Crippen MR) is 174 cm³/mol. The van der Waals surface area contributed by atoms with E-state index in [9.17, 15) is 20.1 Å². The Hall–Kier alpha value is -3.32. The maximum Gasteiger partial charge on any atom is 0.307 e. The van der Waals surface area contributed by atoms with Crippen LogP contribution in [0.3, 0.4) is 0 Å². The fourth-order valence-electron chi connectivity index (χ4n) is 6.53. The van der Waals surface area contributed by atoms with Crippen LogP contribution in [0.5, 0.6) is 0 Å². The van der Waals surface area contributed by atoms with Crippen LogP contribution < -0.4 is 0 Å². The van der Waals surface area contributed by atoms with Crippen LogP contribution in [-0.2, 0) is 21.8 Å². The van der Waals surface area contributed by atoms with Gasteiger partial charge in [-0.05, 0) is 85.9 Å². The molecule has 44 heavy (non-hydrogen) atoms. The summed E-state index contributed by atoms with van der Waals surface area (Å²) in [6.07, 6.45) is 1.75. The first-order valence-corrected chi connectivity index (χ1v) is 16.0. The zero-order valence-electron chi connectivity index (χ0n) is 24.5. The number of ether oxygens (including phenoxy) is 1. The number of carboxylic acids is 1. The van der Waals surface area contributed by atoms with Crippen molar-refractivity contribution in [3.63, 3.8) is 0 Å². The van der Waals surface area contributed by atoms with E-state index in [1.165, 1.54) is 23.9 Å². The highest BCUT2D eigenvalue weighted by Gasteiger charge is 2.33. The van der Waals surface area contributed by atoms with E-state index in [0.717, 1.165) is 93.3 Å². The number of fused-ring (bicyclic) bond motifs is 2. The van der Waals surface area contributed by atoms with E-state index in [4.69, 9.17) is 26.4 Å². The third kappa shape index (κ3) is 5.31. The molecule has 2 aliphatic heterocycles. The second-order valence-corrected chi connectivity index (χ2v) is 13.4. The number of hydrogen-bond donors (Lipinski definition) is 3. The quantitative estimate of drug-likeness (QED) is 0.180. The maximum atomic E-state index is 11.9. The molecule has 0 unspecified atom stereocenters. The van der Waals surface area contributed by atoms with Gasteiger partial charge in [0.2, 0.25) is 13.7 Å². The van der Waals surface area contributed by atoms with Gasteiger partial charge in [0, 0.05) is 27.5 Å². The van der Waals surface area contributed by atoms with E-state index in [1.54, 1.807) is 0 Å². The first-order valence-electron chi connectivity index (χ1n) is 14.8. The zero-order chi connectivity index (χ0) is 30.7. The smallest absolute Gasteiger partial charge is 0.307 e. The van der Waals surface area contributed by atoms with Crippen molar-refractivity contribution in [2.45, 2.75) is 44.0 Å². The summed E-state index contributed by atoms with van der Waals surface area (Å²) in [5.41, 5.74) is 6.56. The second kappa shape index (κ2) is 11.2. The van der Waals surface area contributed by atoms with E-state index >= 15 is 0 Å². The van der Waals surface area contributed by atoms with Crippen LogP contribution in [0.1, 0.15) is 35.6 Å². The molecule has 0 aliphatic carbocycles. The molecule has 4 heterocycles. The number of aryl methyl sites for hydroxylation is 1. The van der Waals surface area contributed by atoms with Crippen molar-refractivity contribution < 1.29 is 24.9 Å². The number of aromatic nitrogens is 3. The van der Waals surface area contributed by atoms with E-state index in [-0.39, 0.29) is 12.3 Å². The summed E-state index contributed by atoms with van der Waals surface area (Å²) in [4.78, 5) is 19.4. The Morgan fingerprint density at radius 3 is 2.45 bits per heavy atom. The summed E-state index contributed by atoms with van der Waals surface area (Å²) < 4.78 is 7.60. The molecule has 9 nitrogen and oxygen atoms in total. The van der Waals surface area contributed by atoms with Crippen molar-refractivity contribution in [1.82, 2.24) is 19.7 Å². The molecule has 5 aromatic rings. The fraction of sp³-hybridized carbons (Fsp3) is 0.344. The number of halogens is 1. The van der Waals surface area contributed by atoms with Crippen LogP contribution in [0, 0.1) is 6.92 Å². The number of aliphatic hydroxyl groups is 2. The van der Waals surface area contributed by atoms with E-state index < -0.39 is 11.8 Å². The van der Waals surface area contributed by atoms with E-state index in [0.29, 0.717) is 16.6 Å². The monoisotopic (exact) mass is 630 g/mol. The molecule has 7 rings (SSSR count). The Morgan fingerprint density at radius 1 is 1.11 bits per heavy atom.